The Morgan fingerprint density at radius 2 is 1.48 bits per heavy atom. The first kappa shape index (κ1) is 29.0. The molecule has 0 bridgehead atoms. The number of nitrogens with one attached hydrogen (secondary N) is 3. The van der Waals surface area contributed by atoms with Gasteiger partial charge in [-0.15, -0.1) is 0 Å². The van der Waals surface area contributed by atoms with E-state index < -0.39 is 60.2 Å². The third kappa shape index (κ3) is 10.7. The van der Waals surface area contributed by atoms with E-state index in [0.717, 1.165) is 0 Å². The van der Waals surface area contributed by atoms with Gasteiger partial charge in [-0.3, -0.25) is 19.2 Å². The maximum absolute atomic E-state index is 12.6. The zero-order chi connectivity index (χ0) is 24.1. The highest BCUT2D eigenvalue weighted by Gasteiger charge is 2.31. The average molecular weight is 481 g/mol. The fraction of sp³-hybridized carbons (Fsp3) is 0.722. The largest absolute Gasteiger partial charge is 0.481 e. The highest BCUT2D eigenvalue weighted by molar-refractivity contribution is 7.98. The molecule has 0 aliphatic heterocycles. The summed E-state index contributed by atoms with van der Waals surface area (Å²) in [6, 6.07) is -4.79. The van der Waals surface area contributed by atoms with E-state index in [0.29, 0.717) is 12.2 Å². The van der Waals surface area contributed by atoms with Gasteiger partial charge in [0, 0.05) is 5.75 Å². The molecule has 178 valence electrons. The number of rotatable bonds is 15. The van der Waals surface area contributed by atoms with Crippen molar-refractivity contribution >= 4 is 54.1 Å². The first-order chi connectivity index (χ1) is 14.5. The van der Waals surface area contributed by atoms with Crippen LogP contribution in [0.3, 0.4) is 0 Å². The molecule has 13 heteroatoms. The van der Waals surface area contributed by atoms with Crippen molar-refractivity contribution in [2.24, 2.45) is 11.7 Å². The predicted molar refractivity (Wildman–Crippen MR) is 120 cm³/mol. The molecule has 0 aromatic carbocycles. The molecule has 5 unspecified atom stereocenters. The van der Waals surface area contributed by atoms with Crippen LogP contribution in [0.1, 0.15) is 33.1 Å². The summed E-state index contributed by atoms with van der Waals surface area (Å²) in [5.74, 6) is -4.82. The third-order valence-electron chi connectivity index (χ3n) is 4.61. The van der Waals surface area contributed by atoms with Crippen LogP contribution in [0, 0.1) is 5.92 Å². The van der Waals surface area contributed by atoms with Crippen molar-refractivity contribution in [3.63, 3.8) is 0 Å². The van der Waals surface area contributed by atoms with E-state index in [1.165, 1.54) is 11.8 Å². The van der Waals surface area contributed by atoms with Gasteiger partial charge in [0.25, 0.3) is 0 Å². The Kier molecular flexibility index (Phi) is 14.0. The van der Waals surface area contributed by atoms with Crippen molar-refractivity contribution in [1.29, 1.82) is 0 Å². The third-order valence-corrected chi connectivity index (χ3v) is 5.62. The van der Waals surface area contributed by atoms with Gasteiger partial charge >= 0.3 is 11.9 Å². The predicted octanol–water partition coefficient (Wildman–Crippen LogP) is -0.944. The van der Waals surface area contributed by atoms with Crippen molar-refractivity contribution in [1.82, 2.24) is 16.0 Å². The van der Waals surface area contributed by atoms with E-state index in [-0.39, 0.29) is 18.1 Å². The monoisotopic (exact) mass is 480 g/mol. The van der Waals surface area contributed by atoms with Gasteiger partial charge in [0.2, 0.25) is 17.7 Å². The summed E-state index contributed by atoms with van der Waals surface area (Å²) in [6.45, 7) is 3.64. The van der Waals surface area contributed by atoms with Gasteiger partial charge in [-0.2, -0.15) is 24.4 Å². The molecule has 0 fully saturated rings. The van der Waals surface area contributed by atoms with E-state index in [1.54, 1.807) is 13.2 Å². The summed E-state index contributed by atoms with van der Waals surface area (Å²) in [5, 5.41) is 25.3. The fourth-order valence-electron chi connectivity index (χ4n) is 2.40. The van der Waals surface area contributed by atoms with Crippen LogP contribution in [0.5, 0.6) is 0 Å². The second-order valence-corrected chi connectivity index (χ2v) is 8.35. The normalized spacial score (nSPS) is 15.6. The number of hydrogen-bond donors (Lipinski definition) is 7. The Labute approximate surface area is 191 Å². The number of carboxylic acid groups (broad SMARTS) is 2. The van der Waals surface area contributed by atoms with Crippen molar-refractivity contribution < 1.29 is 34.2 Å². The Balaban J connectivity index is 5.27. The van der Waals surface area contributed by atoms with Crippen molar-refractivity contribution in [3.8, 4) is 0 Å². The van der Waals surface area contributed by atoms with Crippen molar-refractivity contribution in [2.75, 3.05) is 17.8 Å². The molecule has 11 nitrogen and oxygen atoms in total. The second-order valence-electron chi connectivity index (χ2n) is 6.99. The molecular weight excluding hydrogens is 448 g/mol. The highest BCUT2D eigenvalue weighted by atomic mass is 32.2. The Morgan fingerprint density at radius 3 is 1.94 bits per heavy atom. The Bertz CT molecular complexity index is 650. The zero-order valence-corrected chi connectivity index (χ0v) is 19.5. The smallest absolute Gasteiger partial charge is 0.326 e. The Hall–Kier alpha value is -1.99. The summed E-state index contributed by atoms with van der Waals surface area (Å²) in [7, 11) is 0. The van der Waals surface area contributed by atoms with Crippen molar-refractivity contribution in [3.05, 3.63) is 0 Å². The van der Waals surface area contributed by atoms with Crippen LogP contribution >= 0.6 is 24.4 Å². The first-order valence-corrected chi connectivity index (χ1v) is 11.7. The summed E-state index contributed by atoms with van der Waals surface area (Å²) in [4.78, 5) is 59.8. The summed E-state index contributed by atoms with van der Waals surface area (Å²) < 4.78 is 0. The quantitative estimate of drug-likeness (QED) is 0.145. The van der Waals surface area contributed by atoms with E-state index in [2.05, 4.69) is 28.6 Å². The minimum atomic E-state index is -1.54. The van der Waals surface area contributed by atoms with Gasteiger partial charge in [0.1, 0.15) is 18.1 Å². The van der Waals surface area contributed by atoms with Crippen LogP contribution in [-0.4, -0.2) is 81.8 Å². The van der Waals surface area contributed by atoms with Crippen molar-refractivity contribution in [2.45, 2.75) is 57.3 Å². The molecule has 5 atom stereocenters. The number of nitrogens with two attached hydrogens (primary N) is 1. The second kappa shape index (κ2) is 14.9. The highest BCUT2D eigenvalue weighted by Crippen LogP contribution is 2.06. The number of aliphatic carboxylic acids is 2. The zero-order valence-electron chi connectivity index (χ0n) is 17.8. The van der Waals surface area contributed by atoms with Crippen LogP contribution in [-0.2, 0) is 24.0 Å². The van der Waals surface area contributed by atoms with Gasteiger partial charge in [-0.25, -0.2) is 4.79 Å². The minimum absolute atomic E-state index is 0.124. The SMILES string of the molecule is CCC(C)C(N)C(=O)NC(CS)C(=O)NC(CC(=O)O)C(=O)NC(CCSC)C(=O)O. The van der Waals surface area contributed by atoms with Crippen LogP contribution < -0.4 is 21.7 Å². The number of carboxylic acids is 2. The molecule has 0 aliphatic carbocycles. The lowest BCUT2D eigenvalue weighted by Crippen LogP contribution is -2.58. The van der Waals surface area contributed by atoms with Crippen LogP contribution in [0.15, 0.2) is 0 Å². The van der Waals surface area contributed by atoms with Gasteiger partial charge < -0.3 is 31.9 Å². The maximum Gasteiger partial charge on any atom is 0.326 e. The minimum Gasteiger partial charge on any atom is -0.481 e. The van der Waals surface area contributed by atoms with Gasteiger partial charge in [-0.05, 0) is 24.3 Å². The van der Waals surface area contributed by atoms with Crippen LogP contribution in [0.25, 0.3) is 0 Å². The fourth-order valence-corrected chi connectivity index (χ4v) is 3.12. The Morgan fingerprint density at radius 1 is 0.968 bits per heavy atom. The molecule has 3 amide bonds. The number of amides is 3. The van der Waals surface area contributed by atoms with Gasteiger partial charge in [-0.1, -0.05) is 20.3 Å². The van der Waals surface area contributed by atoms with E-state index in [1.807, 2.05) is 6.92 Å². The number of hydrogen-bond acceptors (Lipinski definition) is 8. The lowest BCUT2D eigenvalue weighted by Gasteiger charge is -2.24. The number of thiol groups is 1. The van der Waals surface area contributed by atoms with E-state index in [9.17, 15) is 29.1 Å². The molecule has 0 radical (unpaired) electrons. The topological polar surface area (TPSA) is 188 Å². The molecule has 0 aromatic rings. The molecule has 0 heterocycles. The van der Waals surface area contributed by atoms with Crippen LogP contribution in [0.4, 0.5) is 0 Å². The van der Waals surface area contributed by atoms with Gasteiger partial charge in [0.15, 0.2) is 0 Å². The standard InChI is InChI=1S/C18H32N4O7S2/c1-4-9(2)14(19)17(27)22-12(8-30)16(26)21-11(7-13(23)24)15(25)20-10(18(28)29)5-6-31-3/h9-12,14,30H,4-8,19H2,1-3H3,(H,20,25)(H,21,26)(H,22,27)(H,23,24)(H,28,29). The molecule has 7 N–H and O–H groups in total. The van der Waals surface area contributed by atoms with E-state index >= 15 is 0 Å². The molecule has 0 aromatic heterocycles. The summed E-state index contributed by atoms with van der Waals surface area (Å²) in [5.41, 5.74) is 5.85. The average Bonchev–Trinajstić information content (AvgIpc) is 2.71. The number of carbonyl (C=O) groups is 5. The molecule has 0 aliphatic rings. The van der Waals surface area contributed by atoms with Gasteiger partial charge in [0.05, 0.1) is 12.5 Å². The number of thioether (sulfide) groups is 1. The lowest BCUT2D eigenvalue weighted by molar-refractivity contribution is -0.143. The number of carbonyl (C=O) groups excluding carboxylic acids is 3. The van der Waals surface area contributed by atoms with E-state index in [4.69, 9.17) is 10.8 Å². The van der Waals surface area contributed by atoms with Crippen LogP contribution in [0.2, 0.25) is 0 Å². The molecule has 0 rings (SSSR count). The molecule has 0 saturated heterocycles. The summed E-state index contributed by atoms with van der Waals surface area (Å²) >= 11 is 5.41. The first-order valence-electron chi connectivity index (χ1n) is 9.69. The molecule has 0 spiro atoms. The molecule has 31 heavy (non-hydrogen) atoms. The molecule has 0 saturated carbocycles. The molecular formula is C18H32N4O7S2. The summed E-state index contributed by atoms with van der Waals surface area (Å²) in [6.07, 6.45) is 1.77. The lowest BCUT2D eigenvalue weighted by atomic mass is 9.99. The maximum atomic E-state index is 12.6.